The number of β-lactam (4-membered cyclic amide) rings is 1. The maximum absolute atomic E-state index is 13.2. The summed E-state index contributed by atoms with van der Waals surface area (Å²) >= 11 is 6.95. The van der Waals surface area contributed by atoms with Crippen LogP contribution in [0, 0.1) is 0 Å². The molecule has 0 saturated carbocycles. The molecule has 15 nitrogen and oxygen atoms in total. The quantitative estimate of drug-likeness (QED) is 0.135. The Morgan fingerprint density at radius 3 is 2.76 bits per heavy atom. The maximum atomic E-state index is 13.2. The molecule has 2 amide bonds. The molecule has 196 valence electrons. The number of thioether (sulfide) groups is 1. The van der Waals surface area contributed by atoms with Gasteiger partial charge in [-0.2, -0.15) is 0 Å². The molecule has 2 aliphatic rings. The van der Waals surface area contributed by atoms with Gasteiger partial charge in [-0.1, -0.05) is 19.1 Å². The fourth-order valence-corrected chi connectivity index (χ4v) is 7.52. The van der Waals surface area contributed by atoms with E-state index in [1.165, 1.54) is 17.1 Å². The number of carboxylic acid groups (broad SMARTS) is 1. The number of carboxylic acids is 1. The second-order valence-corrected chi connectivity index (χ2v) is 11.7. The van der Waals surface area contributed by atoms with Gasteiger partial charge >= 0.3 is 5.97 Å². The molecule has 2 atom stereocenters. The molecule has 4 heterocycles. The third kappa shape index (κ3) is 4.62. The number of aliphatic carboxylic acids is 1. The lowest BCUT2D eigenvalue weighted by molar-refractivity contribution is -0.153. The number of thiazole rings is 1. The summed E-state index contributed by atoms with van der Waals surface area (Å²) in [6, 6.07) is 0. The number of ketones is 1. The third-order valence-electron chi connectivity index (χ3n) is 5.37. The van der Waals surface area contributed by atoms with Crippen molar-refractivity contribution in [3.8, 4) is 0 Å². The van der Waals surface area contributed by atoms with Crippen LogP contribution in [0.3, 0.4) is 0 Å². The topological polar surface area (TPSA) is 210 Å². The van der Waals surface area contributed by atoms with E-state index >= 15 is 0 Å². The highest BCUT2D eigenvalue weighted by Gasteiger charge is 2.65. The van der Waals surface area contributed by atoms with Crippen molar-refractivity contribution in [3.63, 3.8) is 0 Å². The van der Waals surface area contributed by atoms with Crippen molar-refractivity contribution >= 4 is 79.8 Å². The number of aryl methyl sites for hydroxylation is 1. The molecule has 2 aliphatic heterocycles. The Labute approximate surface area is 222 Å². The third-order valence-corrected chi connectivity index (χ3v) is 9.37. The number of fused-ring (bicyclic) bond motifs is 1. The molecule has 2 aromatic rings. The number of carbonyl (C=O) groups excluding carboxylic acids is 3. The van der Waals surface area contributed by atoms with Crippen molar-refractivity contribution in [3.05, 3.63) is 27.4 Å². The van der Waals surface area contributed by atoms with E-state index in [1.54, 1.807) is 6.92 Å². The molecule has 0 aromatic carbocycles. The Hall–Kier alpha value is -3.29. The second-order valence-electron chi connectivity index (χ2n) is 7.82. The zero-order chi connectivity index (χ0) is 27.1. The number of carbonyl (C=O) groups is 4. The molecular weight excluding hydrogens is 569 g/mol. The molecule has 3 N–H and O–H groups in total. The van der Waals surface area contributed by atoms with E-state index in [4.69, 9.17) is 12.2 Å². The first-order valence-corrected chi connectivity index (χ1v) is 14.4. The smallest absolute Gasteiger partial charge is 0.353 e. The van der Waals surface area contributed by atoms with E-state index in [9.17, 15) is 32.7 Å². The molecule has 0 bridgehead atoms. The first kappa shape index (κ1) is 26.8. The summed E-state index contributed by atoms with van der Waals surface area (Å²) in [6.45, 7) is 1.67. The Morgan fingerprint density at radius 2 is 2.16 bits per heavy atom. The summed E-state index contributed by atoms with van der Waals surface area (Å²) in [7, 11) is -2.23. The predicted octanol–water partition coefficient (Wildman–Crippen LogP) is -1.31. The summed E-state index contributed by atoms with van der Waals surface area (Å²) < 4.78 is 28.6. The number of tetrazole rings is 1. The summed E-state index contributed by atoms with van der Waals surface area (Å²) in [5.41, 5.74) is -2.22. The zero-order valence-electron chi connectivity index (χ0n) is 19.1. The van der Waals surface area contributed by atoms with Gasteiger partial charge in [0.25, 0.3) is 27.6 Å². The molecule has 1 unspecified atom stereocenters. The lowest BCUT2D eigenvalue weighted by Gasteiger charge is -2.55. The van der Waals surface area contributed by atoms with Gasteiger partial charge in [-0.05, 0) is 16.8 Å². The fraction of sp³-hybridized carbons (Fsp3) is 0.389. The lowest BCUT2D eigenvalue weighted by atomic mass is 9.87. The van der Waals surface area contributed by atoms with Crippen LogP contribution in [-0.4, -0.2) is 95.0 Å². The first-order valence-electron chi connectivity index (χ1n) is 10.4. The Kier molecular flexibility index (Phi) is 7.14. The number of nitrogens with one attached hydrogen (secondary N) is 2. The van der Waals surface area contributed by atoms with Crippen molar-refractivity contribution < 1.29 is 32.7 Å². The number of amides is 2. The molecule has 0 spiro atoms. The zero-order valence-corrected chi connectivity index (χ0v) is 22.3. The number of H-pyrrole nitrogens is 1. The van der Waals surface area contributed by atoms with Gasteiger partial charge in [-0.15, -0.1) is 32.6 Å². The minimum absolute atomic E-state index is 0.0778. The van der Waals surface area contributed by atoms with E-state index < -0.39 is 44.5 Å². The average Bonchev–Trinajstić information content (AvgIpc) is 3.48. The summed E-state index contributed by atoms with van der Waals surface area (Å²) in [5.74, 6) is -4.48. The fourth-order valence-electron chi connectivity index (χ4n) is 3.73. The number of thiocarbonyl (C=S) groups is 1. The number of rotatable bonds is 9. The standard InChI is InChI=1S/C18H18N8O7S4/c1-3-4-37(32,33)22-17-19-9(6-36-17)11(27)13(28)20-18(7-34)15(31)26-10(14(29)30)8(5-35-16(18)26)12-21-23-24-25(12)2/h6-7,16H,3-5H2,1-2H3,(H,19,22)(H,20,28)(H,29,30)/t16-,18?/m0/s1. The van der Waals surface area contributed by atoms with E-state index in [0.717, 1.165) is 33.4 Å². The Bertz CT molecular complexity index is 1540. The number of nitrogens with zero attached hydrogens (tertiary/aromatic N) is 6. The predicted molar refractivity (Wildman–Crippen MR) is 134 cm³/mol. The lowest BCUT2D eigenvalue weighted by Crippen LogP contribution is -2.80. The number of Topliss-reactive ketones (excluding diaryl/α,β-unsaturated/α-hetero) is 1. The van der Waals surface area contributed by atoms with E-state index in [0.29, 0.717) is 6.42 Å². The normalized spacial score (nSPS) is 21.9. The van der Waals surface area contributed by atoms with Gasteiger partial charge in [0.1, 0.15) is 16.8 Å². The Balaban J connectivity index is 1.59. The number of aromatic nitrogens is 5. The molecular formula is C18H18N8O7S4. The van der Waals surface area contributed by atoms with Crippen LogP contribution >= 0.6 is 35.3 Å². The van der Waals surface area contributed by atoms with Crippen molar-refractivity contribution in [2.45, 2.75) is 24.3 Å². The minimum Gasteiger partial charge on any atom is -0.477 e. The van der Waals surface area contributed by atoms with Crippen LogP contribution in [0.2, 0.25) is 0 Å². The molecule has 37 heavy (non-hydrogen) atoms. The van der Waals surface area contributed by atoms with Gasteiger partial charge in [0.2, 0.25) is 0 Å². The number of sulfonamides is 1. The molecule has 19 heteroatoms. The van der Waals surface area contributed by atoms with E-state index in [1.807, 2.05) is 0 Å². The molecule has 1 fully saturated rings. The monoisotopic (exact) mass is 586 g/mol. The van der Waals surface area contributed by atoms with Gasteiger partial charge in [0.05, 0.1) is 5.75 Å². The molecule has 2 aromatic heterocycles. The summed E-state index contributed by atoms with van der Waals surface area (Å²) in [6.07, 6.45) is 0.352. The average molecular weight is 587 g/mol. The largest absolute Gasteiger partial charge is 0.477 e. The van der Waals surface area contributed by atoms with Crippen molar-refractivity contribution in [1.82, 2.24) is 35.4 Å². The minimum atomic E-state index is -3.75. The van der Waals surface area contributed by atoms with Gasteiger partial charge < -0.3 is 15.4 Å². The van der Waals surface area contributed by atoms with Gasteiger partial charge in [0.15, 0.2) is 16.2 Å². The van der Waals surface area contributed by atoms with E-state index in [-0.39, 0.29) is 39.1 Å². The van der Waals surface area contributed by atoms with Gasteiger partial charge in [-0.3, -0.25) is 19.3 Å². The number of hydrogen-bond acceptors (Lipinski definition) is 12. The van der Waals surface area contributed by atoms with Crippen LogP contribution in [0.4, 0.5) is 0 Å². The van der Waals surface area contributed by atoms with Crippen LogP contribution in [-0.2, 0) is 31.5 Å². The van der Waals surface area contributed by atoms with Gasteiger partial charge in [-0.25, -0.2) is 17.9 Å². The second kappa shape index (κ2) is 9.88. The molecule has 4 rings (SSSR count). The number of hydrogen-bond donors (Lipinski definition) is 3. The van der Waals surface area contributed by atoms with E-state index in [2.05, 4.69) is 30.2 Å². The molecule has 1 saturated heterocycles. The number of aromatic amines is 1. The van der Waals surface area contributed by atoms with Crippen LogP contribution in [0.5, 0.6) is 0 Å². The maximum Gasteiger partial charge on any atom is 0.353 e. The first-order chi connectivity index (χ1) is 17.5. The summed E-state index contributed by atoms with van der Waals surface area (Å²) in [4.78, 5) is 54.2. The van der Waals surface area contributed by atoms with Crippen LogP contribution < -0.4 is 10.1 Å². The SMILES string of the molecule is CCCS(=O)(=O)N=c1[nH]c(C(=O)C(=O)NC2(C=S)C(=O)N3C(C(=O)O)=C(c4nnnn4C)CS[C@H]32)cs1. The van der Waals surface area contributed by atoms with Crippen LogP contribution in [0.25, 0.3) is 5.57 Å². The van der Waals surface area contributed by atoms with Gasteiger partial charge in [0, 0.05) is 29.1 Å². The van der Waals surface area contributed by atoms with Crippen molar-refractivity contribution in [2.24, 2.45) is 11.4 Å². The van der Waals surface area contributed by atoms with Crippen molar-refractivity contribution in [1.29, 1.82) is 0 Å². The molecule has 0 aliphatic carbocycles. The molecule has 0 radical (unpaired) electrons. The van der Waals surface area contributed by atoms with Crippen LogP contribution in [0.15, 0.2) is 15.5 Å². The highest BCUT2D eigenvalue weighted by atomic mass is 32.2. The van der Waals surface area contributed by atoms with Crippen molar-refractivity contribution in [2.75, 3.05) is 11.5 Å². The summed E-state index contributed by atoms with van der Waals surface area (Å²) in [5, 5.41) is 24.5. The highest BCUT2D eigenvalue weighted by molar-refractivity contribution is 8.00. The van der Waals surface area contributed by atoms with Crippen LogP contribution in [0.1, 0.15) is 29.7 Å². The highest BCUT2D eigenvalue weighted by Crippen LogP contribution is 2.47. The Morgan fingerprint density at radius 1 is 1.43 bits per heavy atom.